The fourth-order valence-corrected chi connectivity index (χ4v) is 9.61. The van der Waals surface area contributed by atoms with Crippen molar-refractivity contribution < 1.29 is 4.42 Å². The second-order valence-corrected chi connectivity index (χ2v) is 15.1. The first-order valence-corrected chi connectivity index (χ1v) is 19.5. The van der Waals surface area contributed by atoms with E-state index in [1.54, 1.807) is 0 Å². The maximum absolute atomic E-state index is 6.49. The van der Waals surface area contributed by atoms with Crippen LogP contribution in [0.2, 0.25) is 0 Å². The number of rotatable bonds is 6. The third-order valence-corrected chi connectivity index (χ3v) is 12.1. The Morgan fingerprint density at radius 3 is 1.91 bits per heavy atom. The van der Waals surface area contributed by atoms with E-state index in [9.17, 15) is 0 Å². The van der Waals surface area contributed by atoms with E-state index in [2.05, 4.69) is 193 Å². The van der Waals surface area contributed by atoms with E-state index in [-0.39, 0.29) is 0 Å². The van der Waals surface area contributed by atoms with Gasteiger partial charge in [0.05, 0.1) is 5.69 Å². The summed E-state index contributed by atoms with van der Waals surface area (Å²) in [4.78, 5) is 2.40. The summed E-state index contributed by atoms with van der Waals surface area (Å²) in [6.45, 7) is 0. The number of thiophene rings is 1. The van der Waals surface area contributed by atoms with Crippen LogP contribution in [0.25, 0.3) is 86.3 Å². The van der Waals surface area contributed by atoms with Gasteiger partial charge in [0.1, 0.15) is 11.2 Å². The van der Waals surface area contributed by atoms with Gasteiger partial charge >= 0.3 is 0 Å². The molecular formula is C52H33NOS. The zero-order valence-electron chi connectivity index (χ0n) is 29.8. The second-order valence-electron chi connectivity index (χ2n) is 14.0. The molecule has 0 aliphatic carbocycles. The normalized spacial score (nSPS) is 11.6. The molecule has 0 aliphatic rings. The van der Waals surface area contributed by atoms with E-state index in [0.717, 1.165) is 44.6 Å². The van der Waals surface area contributed by atoms with Gasteiger partial charge < -0.3 is 9.32 Å². The summed E-state index contributed by atoms with van der Waals surface area (Å²) in [5, 5.41) is 7.31. The standard InChI is InChI=1S/C52H33NOS/c1-2-18-38-34(14-1)15-12-24-41(38)40-20-4-3-19-39(40)35-16-11-17-36(32-35)53(37-30-31-44-43-22-6-9-28-49(43)54-50(44)33-37)48-27-8-5-21-42(48)46-25-13-26-47-45-23-7-10-29-51(45)55-52(46)47/h1-33H. The molecule has 0 bridgehead atoms. The Bertz CT molecular complexity index is 3240. The summed E-state index contributed by atoms with van der Waals surface area (Å²) in [6, 6.07) is 72.2. The van der Waals surface area contributed by atoms with Crippen molar-refractivity contribution in [2.24, 2.45) is 0 Å². The maximum atomic E-state index is 6.49. The van der Waals surface area contributed by atoms with Crippen molar-refractivity contribution in [2.45, 2.75) is 0 Å². The summed E-state index contributed by atoms with van der Waals surface area (Å²) in [7, 11) is 0. The van der Waals surface area contributed by atoms with Crippen molar-refractivity contribution in [3.8, 4) is 33.4 Å². The molecule has 11 aromatic rings. The number of furan rings is 1. The zero-order valence-corrected chi connectivity index (χ0v) is 30.6. The molecule has 0 atom stereocenters. The van der Waals surface area contributed by atoms with E-state index in [0.29, 0.717) is 0 Å². The minimum absolute atomic E-state index is 0.866. The maximum Gasteiger partial charge on any atom is 0.137 e. The van der Waals surface area contributed by atoms with E-state index in [1.807, 2.05) is 23.5 Å². The van der Waals surface area contributed by atoms with Crippen LogP contribution < -0.4 is 4.90 Å². The quantitative estimate of drug-likeness (QED) is 0.170. The monoisotopic (exact) mass is 719 g/mol. The van der Waals surface area contributed by atoms with Gasteiger partial charge in [-0.05, 0) is 75.5 Å². The molecule has 0 saturated carbocycles. The third-order valence-electron chi connectivity index (χ3n) is 10.9. The Balaban J connectivity index is 1.14. The van der Waals surface area contributed by atoms with Crippen molar-refractivity contribution in [3.05, 3.63) is 200 Å². The number of nitrogens with zero attached hydrogens (tertiary/aromatic N) is 1. The Morgan fingerprint density at radius 1 is 0.364 bits per heavy atom. The van der Waals surface area contributed by atoms with Crippen molar-refractivity contribution in [2.75, 3.05) is 4.90 Å². The number of hydrogen-bond acceptors (Lipinski definition) is 3. The predicted molar refractivity (Wildman–Crippen MR) is 235 cm³/mol. The number of fused-ring (bicyclic) bond motifs is 7. The minimum atomic E-state index is 0.866. The van der Waals surface area contributed by atoms with Crippen LogP contribution in [0, 0.1) is 0 Å². The first-order valence-electron chi connectivity index (χ1n) is 18.7. The van der Waals surface area contributed by atoms with Gasteiger partial charge in [0.25, 0.3) is 0 Å². The van der Waals surface area contributed by atoms with Crippen LogP contribution in [0.4, 0.5) is 17.1 Å². The third kappa shape index (κ3) is 5.24. The number of para-hydroxylation sites is 2. The van der Waals surface area contributed by atoms with Crippen LogP contribution in [-0.4, -0.2) is 0 Å². The summed E-state index contributed by atoms with van der Waals surface area (Å²) in [5.41, 5.74) is 12.1. The highest BCUT2D eigenvalue weighted by atomic mass is 32.1. The largest absolute Gasteiger partial charge is 0.456 e. The topological polar surface area (TPSA) is 16.4 Å². The van der Waals surface area contributed by atoms with Gasteiger partial charge in [-0.3, -0.25) is 0 Å². The van der Waals surface area contributed by atoms with Crippen LogP contribution in [0.5, 0.6) is 0 Å². The summed E-state index contributed by atoms with van der Waals surface area (Å²) >= 11 is 1.87. The molecule has 0 radical (unpaired) electrons. The first kappa shape index (κ1) is 31.6. The highest BCUT2D eigenvalue weighted by molar-refractivity contribution is 7.26. The molecule has 0 saturated heterocycles. The van der Waals surface area contributed by atoms with Crippen molar-refractivity contribution in [3.63, 3.8) is 0 Å². The Morgan fingerprint density at radius 2 is 0.982 bits per heavy atom. The molecule has 11 rings (SSSR count). The van der Waals surface area contributed by atoms with E-state index in [4.69, 9.17) is 4.42 Å². The lowest BCUT2D eigenvalue weighted by Crippen LogP contribution is -2.11. The molecule has 2 aromatic heterocycles. The zero-order chi connectivity index (χ0) is 36.3. The highest BCUT2D eigenvalue weighted by Gasteiger charge is 2.22. The van der Waals surface area contributed by atoms with E-state index in [1.165, 1.54) is 58.8 Å². The van der Waals surface area contributed by atoms with Gasteiger partial charge in [0.15, 0.2) is 0 Å². The number of benzene rings is 9. The molecule has 3 heteroatoms. The molecule has 0 N–H and O–H groups in total. The molecular weight excluding hydrogens is 687 g/mol. The predicted octanol–water partition coefficient (Wildman–Crippen LogP) is 15.6. The molecule has 0 unspecified atom stereocenters. The Labute approximate surface area is 322 Å². The highest BCUT2D eigenvalue weighted by Crippen LogP contribution is 2.47. The number of hydrogen-bond donors (Lipinski definition) is 0. The molecule has 0 aliphatic heterocycles. The molecule has 9 aromatic carbocycles. The smallest absolute Gasteiger partial charge is 0.137 e. The van der Waals surface area contributed by atoms with Crippen molar-refractivity contribution in [1.29, 1.82) is 0 Å². The van der Waals surface area contributed by atoms with Crippen LogP contribution in [0.1, 0.15) is 0 Å². The molecule has 0 spiro atoms. The van der Waals surface area contributed by atoms with Crippen LogP contribution in [-0.2, 0) is 0 Å². The summed E-state index contributed by atoms with van der Waals surface area (Å²) < 4.78 is 9.08. The lowest BCUT2D eigenvalue weighted by atomic mass is 9.91. The first-order chi connectivity index (χ1) is 27.3. The van der Waals surface area contributed by atoms with Gasteiger partial charge in [0.2, 0.25) is 0 Å². The molecule has 55 heavy (non-hydrogen) atoms. The van der Waals surface area contributed by atoms with Crippen LogP contribution >= 0.6 is 11.3 Å². The fourth-order valence-electron chi connectivity index (χ4n) is 8.38. The fraction of sp³-hybridized carbons (Fsp3) is 0. The van der Waals surface area contributed by atoms with Crippen LogP contribution in [0.3, 0.4) is 0 Å². The SMILES string of the molecule is c1cc(-c2ccccc2-c2cccc3ccccc23)cc(N(c2ccc3c(c2)oc2ccccc23)c2ccccc2-c2cccc3c2sc2ccccc23)c1. The van der Waals surface area contributed by atoms with Gasteiger partial charge in [-0.2, -0.15) is 0 Å². The van der Waals surface area contributed by atoms with Gasteiger partial charge in [-0.25, -0.2) is 0 Å². The van der Waals surface area contributed by atoms with Crippen molar-refractivity contribution in [1.82, 2.24) is 0 Å². The van der Waals surface area contributed by atoms with E-state index < -0.39 is 0 Å². The van der Waals surface area contributed by atoms with Gasteiger partial charge in [-0.1, -0.05) is 152 Å². The molecule has 0 fully saturated rings. The summed E-state index contributed by atoms with van der Waals surface area (Å²) in [6.07, 6.45) is 0. The van der Waals surface area contributed by atoms with Gasteiger partial charge in [0, 0.05) is 59.5 Å². The Kier molecular flexibility index (Phi) is 7.39. The molecule has 0 amide bonds. The second kappa shape index (κ2) is 12.9. The summed E-state index contributed by atoms with van der Waals surface area (Å²) in [5.74, 6) is 0. The average molecular weight is 720 g/mol. The molecule has 2 heterocycles. The van der Waals surface area contributed by atoms with Gasteiger partial charge in [-0.15, -0.1) is 11.3 Å². The van der Waals surface area contributed by atoms with Crippen LogP contribution in [0.15, 0.2) is 205 Å². The molecule has 258 valence electrons. The average Bonchev–Trinajstić information content (AvgIpc) is 3.82. The Hall–Kier alpha value is -6.94. The minimum Gasteiger partial charge on any atom is -0.456 e. The lowest BCUT2D eigenvalue weighted by Gasteiger charge is -2.28. The molecule has 2 nitrogen and oxygen atoms in total. The van der Waals surface area contributed by atoms with E-state index >= 15 is 0 Å². The lowest BCUT2D eigenvalue weighted by molar-refractivity contribution is 0.669. The van der Waals surface area contributed by atoms with Crippen molar-refractivity contribution >= 4 is 81.3 Å². The number of anilines is 3.